The van der Waals surface area contributed by atoms with Gasteiger partial charge in [-0.05, 0) is 81.6 Å². The summed E-state index contributed by atoms with van der Waals surface area (Å²) in [5.74, 6) is 4.38. The van der Waals surface area contributed by atoms with Gasteiger partial charge in [-0.25, -0.2) is 0 Å². The Bertz CT molecular complexity index is 925. The smallest absolute Gasteiger partial charge is 0.247 e. The van der Waals surface area contributed by atoms with Crippen LogP contribution in [0, 0.1) is 11.8 Å². The van der Waals surface area contributed by atoms with Crippen molar-refractivity contribution in [2.24, 2.45) is 11.8 Å². The largest absolute Gasteiger partial charge is 0.494 e. The number of rotatable bonds is 12. The monoisotopic (exact) mass is 421 g/mol. The van der Waals surface area contributed by atoms with E-state index in [0.717, 1.165) is 55.4 Å². The van der Waals surface area contributed by atoms with Crippen molar-refractivity contribution >= 4 is 0 Å². The van der Waals surface area contributed by atoms with Gasteiger partial charge in [-0.3, -0.25) is 0 Å². The summed E-state index contributed by atoms with van der Waals surface area (Å²) < 4.78 is 17.5. The molecule has 0 N–H and O–H groups in total. The molecule has 3 aromatic rings. The second-order valence-electron chi connectivity index (χ2n) is 8.44. The van der Waals surface area contributed by atoms with E-state index in [1.165, 1.54) is 6.42 Å². The number of ether oxygens (including phenoxy) is 2. The van der Waals surface area contributed by atoms with Crippen LogP contribution >= 0.6 is 0 Å². The summed E-state index contributed by atoms with van der Waals surface area (Å²) in [5.41, 5.74) is 0.919. The first-order valence-corrected chi connectivity index (χ1v) is 11.1. The maximum atomic E-state index is 5.91. The molecule has 6 nitrogen and oxygen atoms in total. The molecular weight excluding hydrogens is 390 g/mol. The molecular formula is C25H31N3O3. The minimum Gasteiger partial charge on any atom is -0.494 e. The molecule has 1 aromatic heterocycles. The van der Waals surface area contributed by atoms with Crippen molar-refractivity contribution in [2.45, 2.75) is 25.7 Å². The van der Waals surface area contributed by atoms with E-state index in [9.17, 15) is 0 Å². The molecule has 0 unspecified atom stereocenters. The molecule has 6 heteroatoms. The third kappa shape index (κ3) is 6.56. The van der Waals surface area contributed by atoms with Crippen LogP contribution in [0.25, 0.3) is 11.5 Å². The highest BCUT2D eigenvalue weighted by molar-refractivity contribution is 5.53. The first-order chi connectivity index (χ1) is 15.2. The second kappa shape index (κ2) is 10.4. The highest BCUT2D eigenvalue weighted by Crippen LogP contribution is 2.43. The lowest BCUT2D eigenvalue weighted by molar-refractivity contribution is 0.281. The van der Waals surface area contributed by atoms with E-state index >= 15 is 0 Å². The van der Waals surface area contributed by atoms with Gasteiger partial charge in [-0.1, -0.05) is 18.2 Å². The van der Waals surface area contributed by atoms with Gasteiger partial charge in [0, 0.05) is 18.5 Å². The van der Waals surface area contributed by atoms with Crippen molar-refractivity contribution in [3.05, 3.63) is 60.5 Å². The lowest BCUT2D eigenvalue weighted by Crippen LogP contribution is -2.15. The molecule has 2 atom stereocenters. The zero-order valence-corrected chi connectivity index (χ0v) is 18.4. The Kier molecular flexibility index (Phi) is 7.20. The molecule has 4 rings (SSSR count). The summed E-state index contributed by atoms with van der Waals surface area (Å²) in [6, 6.07) is 17.8. The molecule has 0 spiro atoms. The van der Waals surface area contributed by atoms with Crippen molar-refractivity contribution in [3.63, 3.8) is 0 Å². The highest BCUT2D eigenvalue weighted by Gasteiger charge is 2.37. The van der Waals surface area contributed by atoms with Gasteiger partial charge in [-0.15, -0.1) is 10.2 Å². The maximum Gasteiger partial charge on any atom is 0.247 e. The topological polar surface area (TPSA) is 60.6 Å². The fourth-order valence-corrected chi connectivity index (χ4v) is 3.70. The fourth-order valence-electron chi connectivity index (χ4n) is 3.70. The summed E-state index contributed by atoms with van der Waals surface area (Å²) in [6.07, 6.45) is 4.12. The normalized spacial score (nSPS) is 17.6. The van der Waals surface area contributed by atoms with Gasteiger partial charge in [0.25, 0.3) is 0 Å². The lowest BCUT2D eigenvalue weighted by Gasteiger charge is -2.10. The van der Waals surface area contributed by atoms with Crippen molar-refractivity contribution in [1.82, 2.24) is 15.1 Å². The van der Waals surface area contributed by atoms with E-state index in [1.54, 1.807) is 0 Å². The molecule has 164 valence electrons. The summed E-state index contributed by atoms with van der Waals surface area (Å²) in [5, 5.41) is 8.48. The molecule has 1 fully saturated rings. The molecule has 0 saturated heterocycles. The van der Waals surface area contributed by atoms with Crippen LogP contribution < -0.4 is 9.47 Å². The Balaban J connectivity index is 1.19. The Morgan fingerprint density at radius 2 is 1.65 bits per heavy atom. The summed E-state index contributed by atoms with van der Waals surface area (Å²) in [7, 11) is 4.13. The summed E-state index contributed by atoms with van der Waals surface area (Å²) in [6.45, 7) is 2.48. The van der Waals surface area contributed by atoms with Gasteiger partial charge in [0.2, 0.25) is 11.8 Å². The standard InChI is InChI=1S/C25H31N3O3/c1-28(2)14-6-15-29-23-11-9-19(10-12-23)25-27-26-24(31-25)18-21-17-20(21)13-16-30-22-7-4-3-5-8-22/h3-5,7-12,20-21H,6,13-18H2,1-2H3/t20-,21+/m0/s1. The molecule has 0 aliphatic heterocycles. The van der Waals surface area contributed by atoms with E-state index in [0.29, 0.717) is 24.3 Å². The molecule has 0 bridgehead atoms. The number of para-hydroxylation sites is 1. The Morgan fingerprint density at radius 3 is 2.42 bits per heavy atom. The van der Waals surface area contributed by atoms with Crippen LogP contribution in [0.4, 0.5) is 0 Å². The third-order valence-electron chi connectivity index (χ3n) is 5.59. The minimum absolute atomic E-state index is 0.568. The maximum absolute atomic E-state index is 5.91. The Hall–Kier alpha value is -2.86. The van der Waals surface area contributed by atoms with Crippen LogP contribution in [0.5, 0.6) is 11.5 Å². The zero-order valence-electron chi connectivity index (χ0n) is 18.4. The Morgan fingerprint density at radius 1 is 0.903 bits per heavy atom. The van der Waals surface area contributed by atoms with E-state index in [1.807, 2.05) is 54.6 Å². The van der Waals surface area contributed by atoms with Gasteiger partial charge in [0.1, 0.15) is 11.5 Å². The van der Waals surface area contributed by atoms with Gasteiger partial charge < -0.3 is 18.8 Å². The molecule has 1 saturated carbocycles. The SMILES string of the molecule is CN(C)CCCOc1ccc(-c2nnc(C[C@H]3C[C@@H]3CCOc3ccccc3)o2)cc1. The van der Waals surface area contributed by atoms with Crippen molar-refractivity contribution in [3.8, 4) is 23.0 Å². The summed E-state index contributed by atoms with van der Waals surface area (Å²) >= 11 is 0. The van der Waals surface area contributed by atoms with E-state index in [2.05, 4.69) is 29.2 Å². The molecule has 1 heterocycles. The quantitative estimate of drug-likeness (QED) is 0.395. The number of aromatic nitrogens is 2. The van der Waals surface area contributed by atoms with Crippen LogP contribution in [-0.2, 0) is 6.42 Å². The number of benzene rings is 2. The number of nitrogens with zero attached hydrogens (tertiary/aromatic N) is 3. The van der Waals surface area contributed by atoms with Gasteiger partial charge in [0.15, 0.2) is 0 Å². The average Bonchev–Trinajstić information content (AvgIpc) is 3.34. The molecule has 1 aliphatic carbocycles. The molecule has 0 radical (unpaired) electrons. The van der Waals surface area contributed by atoms with E-state index < -0.39 is 0 Å². The van der Waals surface area contributed by atoms with Gasteiger partial charge >= 0.3 is 0 Å². The lowest BCUT2D eigenvalue weighted by atomic mass is 10.2. The second-order valence-corrected chi connectivity index (χ2v) is 8.44. The van der Waals surface area contributed by atoms with Crippen molar-refractivity contribution in [1.29, 1.82) is 0 Å². The molecule has 1 aliphatic rings. The number of hydrogen-bond donors (Lipinski definition) is 0. The van der Waals surface area contributed by atoms with E-state index in [4.69, 9.17) is 13.9 Å². The van der Waals surface area contributed by atoms with Crippen LogP contribution in [0.1, 0.15) is 25.2 Å². The molecule has 2 aromatic carbocycles. The van der Waals surface area contributed by atoms with Crippen LogP contribution in [0.2, 0.25) is 0 Å². The highest BCUT2D eigenvalue weighted by atomic mass is 16.5. The number of hydrogen-bond acceptors (Lipinski definition) is 6. The first-order valence-electron chi connectivity index (χ1n) is 11.1. The predicted octanol–water partition coefficient (Wildman–Crippen LogP) is 4.71. The third-order valence-corrected chi connectivity index (χ3v) is 5.59. The average molecular weight is 422 g/mol. The fraction of sp³-hybridized carbons (Fsp3) is 0.440. The minimum atomic E-state index is 0.568. The van der Waals surface area contributed by atoms with Crippen LogP contribution in [-0.4, -0.2) is 49.0 Å². The van der Waals surface area contributed by atoms with Crippen LogP contribution in [0.15, 0.2) is 59.0 Å². The molecule has 31 heavy (non-hydrogen) atoms. The van der Waals surface area contributed by atoms with E-state index in [-0.39, 0.29) is 0 Å². The molecule has 0 amide bonds. The van der Waals surface area contributed by atoms with Crippen molar-refractivity contribution in [2.75, 3.05) is 33.9 Å². The first kappa shape index (κ1) is 21.4. The van der Waals surface area contributed by atoms with Gasteiger partial charge in [-0.2, -0.15) is 0 Å². The summed E-state index contributed by atoms with van der Waals surface area (Å²) in [4.78, 5) is 2.15. The Labute approximate surface area is 184 Å². The van der Waals surface area contributed by atoms with Gasteiger partial charge in [0.05, 0.1) is 13.2 Å². The van der Waals surface area contributed by atoms with Crippen LogP contribution in [0.3, 0.4) is 0 Å². The van der Waals surface area contributed by atoms with Crippen molar-refractivity contribution < 1.29 is 13.9 Å². The predicted molar refractivity (Wildman–Crippen MR) is 120 cm³/mol. The zero-order chi connectivity index (χ0) is 21.5.